The first-order valence-corrected chi connectivity index (χ1v) is 9.26. The molecule has 0 aliphatic heterocycles. The Bertz CT molecular complexity index is 466. The first kappa shape index (κ1) is 18.5. The molecule has 1 saturated carbocycles. The molecule has 0 aromatic carbocycles. The van der Waals surface area contributed by atoms with E-state index in [0.717, 1.165) is 32.1 Å². The summed E-state index contributed by atoms with van der Waals surface area (Å²) in [7, 11) is 0. The molecule has 2 aliphatic rings. The quantitative estimate of drug-likeness (QED) is 0.748. The van der Waals surface area contributed by atoms with Crippen molar-refractivity contribution in [3.63, 3.8) is 0 Å². The lowest BCUT2D eigenvalue weighted by Gasteiger charge is -2.56. The summed E-state index contributed by atoms with van der Waals surface area (Å²) < 4.78 is 0. The second-order valence-electron chi connectivity index (χ2n) is 8.85. The Morgan fingerprint density at radius 2 is 2.00 bits per heavy atom. The highest BCUT2D eigenvalue weighted by atomic mass is 16.4. The molecule has 0 spiro atoms. The van der Waals surface area contributed by atoms with Crippen molar-refractivity contribution in [1.82, 2.24) is 0 Å². The Labute approximate surface area is 141 Å². The van der Waals surface area contributed by atoms with Gasteiger partial charge >= 0.3 is 5.97 Å². The van der Waals surface area contributed by atoms with Crippen molar-refractivity contribution >= 4 is 5.97 Å². The predicted molar refractivity (Wildman–Crippen MR) is 93.2 cm³/mol. The van der Waals surface area contributed by atoms with Gasteiger partial charge in [0.1, 0.15) is 0 Å². The SMILES string of the molecule is C[C@@H](CCO)CC[C@H]1C(C(=O)O)=CC[C@H]2C(C)(C)CCC[C@]12C. The zero-order valence-electron chi connectivity index (χ0n) is 15.3. The van der Waals surface area contributed by atoms with Gasteiger partial charge in [-0.1, -0.05) is 46.6 Å². The van der Waals surface area contributed by atoms with Crippen LogP contribution in [-0.2, 0) is 4.79 Å². The number of allylic oxidation sites excluding steroid dienone is 1. The van der Waals surface area contributed by atoms with E-state index in [1.807, 2.05) is 6.08 Å². The van der Waals surface area contributed by atoms with Gasteiger partial charge in [0.05, 0.1) is 0 Å². The highest BCUT2D eigenvalue weighted by Crippen LogP contribution is 2.60. The maximum Gasteiger partial charge on any atom is 0.331 e. The van der Waals surface area contributed by atoms with Crippen molar-refractivity contribution in [2.75, 3.05) is 6.61 Å². The van der Waals surface area contributed by atoms with Gasteiger partial charge in [-0.3, -0.25) is 0 Å². The van der Waals surface area contributed by atoms with Gasteiger partial charge in [0.15, 0.2) is 0 Å². The van der Waals surface area contributed by atoms with Crippen LogP contribution in [0.2, 0.25) is 0 Å². The zero-order valence-corrected chi connectivity index (χ0v) is 15.3. The number of hydrogen-bond donors (Lipinski definition) is 2. The van der Waals surface area contributed by atoms with E-state index < -0.39 is 5.97 Å². The summed E-state index contributed by atoms with van der Waals surface area (Å²) in [5.74, 6) is 0.452. The molecule has 2 rings (SSSR count). The molecule has 4 atom stereocenters. The molecule has 0 aromatic rings. The van der Waals surface area contributed by atoms with E-state index in [1.54, 1.807) is 0 Å². The second kappa shape index (κ2) is 6.96. The van der Waals surface area contributed by atoms with E-state index in [4.69, 9.17) is 5.11 Å². The largest absolute Gasteiger partial charge is 0.478 e. The Morgan fingerprint density at radius 3 is 2.61 bits per heavy atom. The van der Waals surface area contributed by atoms with E-state index in [2.05, 4.69) is 27.7 Å². The third-order valence-electron chi connectivity index (χ3n) is 6.84. The molecule has 1 fully saturated rings. The Hall–Kier alpha value is -0.830. The fraction of sp³-hybridized carbons (Fsp3) is 0.850. The molecular formula is C20H34O3. The minimum absolute atomic E-state index is 0.100. The Morgan fingerprint density at radius 1 is 1.30 bits per heavy atom. The van der Waals surface area contributed by atoms with E-state index in [9.17, 15) is 9.90 Å². The predicted octanol–water partition coefficient (Wildman–Crippen LogP) is 4.65. The van der Waals surface area contributed by atoms with Gasteiger partial charge in [0.25, 0.3) is 0 Å². The average molecular weight is 322 g/mol. The summed E-state index contributed by atoms with van der Waals surface area (Å²) in [5, 5.41) is 18.8. The molecule has 2 aliphatic carbocycles. The monoisotopic (exact) mass is 322 g/mol. The molecule has 3 nitrogen and oxygen atoms in total. The molecule has 0 radical (unpaired) electrons. The molecule has 0 heterocycles. The first-order valence-electron chi connectivity index (χ1n) is 9.26. The number of carboxylic acid groups (broad SMARTS) is 1. The average Bonchev–Trinajstić information content (AvgIpc) is 2.44. The van der Waals surface area contributed by atoms with Crippen molar-refractivity contribution in [2.45, 2.75) is 72.6 Å². The Balaban J connectivity index is 2.27. The van der Waals surface area contributed by atoms with Gasteiger partial charge < -0.3 is 10.2 Å². The smallest absolute Gasteiger partial charge is 0.331 e. The van der Waals surface area contributed by atoms with Crippen molar-refractivity contribution in [1.29, 1.82) is 0 Å². The minimum Gasteiger partial charge on any atom is -0.478 e. The third-order valence-corrected chi connectivity index (χ3v) is 6.84. The number of rotatable bonds is 6. The molecule has 0 aromatic heterocycles. The van der Waals surface area contributed by atoms with Crippen LogP contribution < -0.4 is 0 Å². The number of carboxylic acids is 1. The lowest BCUT2D eigenvalue weighted by Crippen LogP contribution is -2.49. The molecule has 2 N–H and O–H groups in total. The van der Waals surface area contributed by atoms with E-state index in [-0.39, 0.29) is 17.9 Å². The standard InChI is InChI=1S/C20H34O3/c1-14(10-13-21)6-8-16-15(18(22)23)7-9-17-19(2,3)11-5-12-20(16,17)4/h7,14,16-17,21H,5-6,8-13H2,1-4H3,(H,22,23)/t14-,16+,17+,20-/m1/s1. The number of aliphatic hydroxyl groups is 1. The summed E-state index contributed by atoms with van der Waals surface area (Å²) in [6, 6.07) is 0. The van der Waals surface area contributed by atoms with Crippen LogP contribution in [0.5, 0.6) is 0 Å². The number of fused-ring (bicyclic) bond motifs is 1. The fourth-order valence-electron chi connectivity index (χ4n) is 5.45. The summed E-state index contributed by atoms with van der Waals surface area (Å²) in [6.45, 7) is 9.45. The molecule has 132 valence electrons. The fourth-order valence-corrected chi connectivity index (χ4v) is 5.45. The topological polar surface area (TPSA) is 57.5 Å². The normalized spacial score (nSPS) is 34.4. The summed E-state index contributed by atoms with van der Waals surface area (Å²) in [4.78, 5) is 11.8. The van der Waals surface area contributed by atoms with E-state index in [1.165, 1.54) is 12.8 Å². The van der Waals surface area contributed by atoms with Crippen molar-refractivity contribution < 1.29 is 15.0 Å². The molecule has 23 heavy (non-hydrogen) atoms. The first-order chi connectivity index (χ1) is 10.7. The molecule has 0 unspecified atom stereocenters. The lowest BCUT2D eigenvalue weighted by molar-refractivity contribution is -0.135. The van der Waals surface area contributed by atoms with Crippen LogP contribution in [0.15, 0.2) is 11.6 Å². The molecule has 0 bridgehead atoms. The van der Waals surface area contributed by atoms with E-state index >= 15 is 0 Å². The Kier molecular flexibility index (Phi) is 5.60. The maximum absolute atomic E-state index is 11.8. The lowest BCUT2D eigenvalue weighted by atomic mass is 9.48. The van der Waals surface area contributed by atoms with E-state index in [0.29, 0.717) is 22.8 Å². The van der Waals surface area contributed by atoms with Crippen LogP contribution in [0.25, 0.3) is 0 Å². The van der Waals surface area contributed by atoms with Gasteiger partial charge in [-0.25, -0.2) is 4.79 Å². The van der Waals surface area contributed by atoms with Crippen molar-refractivity contribution in [3.05, 3.63) is 11.6 Å². The highest BCUT2D eigenvalue weighted by molar-refractivity contribution is 5.87. The number of carbonyl (C=O) groups is 1. The zero-order chi connectivity index (χ0) is 17.3. The van der Waals surface area contributed by atoms with Crippen LogP contribution in [0.4, 0.5) is 0 Å². The molecule has 0 amide bonds. The second-order valence-corrected chi connectivity index (χ2v) is 8.85. The van der Waals surface area contributed by atoms with Gasteiger partial charge in [0, 0.05) is 12.2 Å². The van der Waals surface area contributed by atoms with Crippen LogP contribution in [0, 0.1) is 28.6 Å². The summed E-state index contributed by atoms with van der Waals surface area (Å²) in [5.41, 5.74) is 1.05. The maximum atomic E-state index is 11.8. The van der Waals surface area contributed by atoms with Crippen LogP contribution in [0.1, 0.15) is 72.6 Å². The molecular weight excluding hydrogens is 288 g/mol. The van der Waals surface area contributed by atoms with Gasteiger partial charge in [-0.15, -0.1) is 0 Å². The van der Waals surface area contributed by atoms with Crippen LogP contribution in [-0.4, -0.2) is 22.8 Å². The van der Waals surface area contributed by atoms with Gasteiger partial charge in [-0.2, -0.15) is 0 Å². The number of hydrogen-bond acceptors (Lipinski definition) is 2. The summed E-state index contributed by atoms with van der Waals surface area (Å²) in [6.07, 6.45) is 9.26. The number of aliphatic hydroxyl groups excluding tert-OH is 1. The van der Waals surface area contributed by atoms with Crippen LogP contribution in [0.3, 0.4) is 0 Å². The third kappa shape index (κ3) is 3.65. The van der Waals surface area contributed by atoms with Gasteiger partial charge in [-0.05, 0) is 60.7 Å². The molecule has 3 heteroatoms. The highest BCUT2D eigenvalue weighted by Gasteiger charge is 2.53. The van der Waals surface area contributed by atoms with Crippen molar-refractivity contribution in [3.8, 4) is 0 Å². The van der Waals surface area contributed by atoms with Crippen molar-refractivity contribution in [2.24, 2.45) is 28.6 Å². The summed E-state index contributed by atoms with van der Waals surface area (Å²) >= 11 is 0. The number of aliphatic carboxylic acids is 1. The van der Waals surface area contributed by atoms with Crippen LogP contribution >= 0.6 is 0 Å². The van der Waals surface area contributed by atoms with Gasteiger partial charge in [0.2, 0.25) is 0 Å². The minimum atomic E-state index is -0.729. The molecule has 0 saturated heterocycles.